The van der Waals surface area contributed by atoms with E-state index in [4.69, 9.17) is 9.84 Å². The van der Waals surface area contributed by atoms with Crippen LogP contribution in [0.25, 0.3) is 0 Å². The minimum Gasteiger partial charge on any atom is -0.481 e. The van der Waals surface area contributed by atoms with Crippen LogP contribution in [0.4, 0.5) is 0 Å². The van der Waals surface area contributed by atoms with E-state index in [0.717, 1.165) is 57.8 Å². The van der Waals surface area contributed by atoms with Crippen molar-refractivity contribution in [1.29, 1.82) is 0 Å². The lowest BCUT2D eigenvalue weighted by atomic mass is 9.33. The number of carboxylic acids is 2. The zero-order valence-electron chi connectivity index (χ0n) is 26.1. The number of carboxylic acid groups (broad SMARTS) is 2. The van der Waals surface area contributed by atoms with Crippen molar-refractivity contribution >= 4 is 17.9 Å². The first-order chi connectivity index (χ1) is 19.0. The lowest BCUT2D eigenvalue weighted by molar-refractivity contribution is -0.224. The van der Waals surface area contributed by atoms with Gasteiger partial charge in [-0.2, -0.15) is 0 Å². The van der Waals surface area contributed by atoms with E-state index in [1.54, 1.807) is 0 Å². The second-order valence-corrected chi connectivity index (χ2v) is 16.3. The van der Waals surface area contributed by atoms with E-state index >= 15 is 0 Å². The standard InChI is InChI=1S/C34H52O7/c1-29(2)15-17-34(28(39)40)18-16-32(5)21(22(34)19-29)7-8-24-30(3)13-12-25(41-27(38)10-9-26(36)37)31(4,20-35)23(30)11-14-33(24,32)6/h7,22-25,35H,8-20H2,1-6H3,(H,36,37)(H,39,40). The van der Waals surface area contributed by atoms with Crippen LogP contribution >= 0.6 is 0 Å². The van der Waals surface area contributed by atoms with E-state index in [0.29, 0.717) is 12.3 Å². The highest BCUT2D eigenvalue weighted by molar-refractivity contribution is 5.77. The number of aliphatic hydroxyl groups is 1. The molecule has 5 aliphatic carbocycles. The Morgan fingerprint density at radius 2 is 1.56 bits per heavy atom. The molecule has 4 saturated carbocycles. The Morgan fingerprint density at radius 1 is 0.878 bits per heavy atom. The number of hydrogen-bond donors (Lipinski definition) is 3. The van der Waals surface area contributed by atoms with Gasteiger partial charge < -0.3 is 20.1 Å². The molecule has 0 aromatic heterocycles. The van der Waals surface area contributed by atoms with E-state index < -0.39 is 34.8 Å². The van der Waals surface area contributed by atoms with Gasteiger partial charge in [0, 0.05) is 5.41 Å². The summed E-state index contributed by atoms with van der Waals surface area (Å²) in [5.74, 6) is -1.51. The first kappa shape index (κ1) is 30.6. The summed E-state index contributed by atoms with van der Waals surface area (Å²) in [6.45, 7) is 13.9. The molecule has 3 N–H and O–H groups in total. The second kappa shape index (κ2) is 9.82. The number of aliphatic carboxylic acids is 2. The van der Waals surface area contributed by atoms with Crippen LogP contribution in [0.15, 0.2) is 11.6 Å². The summed E-state index contributed by atoms with van der Waals surface area (Å²) in [6, 6.07) is 0. The lowest BCUT2D eigenvalue weighted by Crippen LogP contribution is -2.66. The van der Waals surface area contributed by atoms with E-state index in [1.165, 1.54) is 5.57 Å². The zero-order chi connectivity index (χ0) is 30.2. The lowest BCUT2D eigenvalue weighted by Gasteiger charge is -2.71. The third-order valence-corrected chi connectivity index (χ3v) is 14.0. The molecule has 0 heterocycles. The van der Waals surface area contributed by atoms with Crippen LogP contribution in [0.1, 0.15) is 119 Å². The fraction of sp³-hybridized carbons (Fsp3) is 0.853. The Hall–Kier alpha value is -1.89. The molecule has 9 atom stereocenters. The van der Waals surface area contributed by atoms with Gasteiger partial charge in [-0.3, -0.25) is 14.4 Å². The Bertz CT molecular complexity index is 1140. The van der Waals surface area contributed by atoms with E-state index in [9.17, 15) is 24.6 Å². The number of esters is 1. The van der Waals surface area contributed by atoms with Gasteiger partial charge in [-0.15, -0.1) is 0 Å². The maximum Gasteiger partial charge on any atom is 0.310 e. The molecule has 0 aliphatic heterocycles. The SMILES string of the molecule is CC1(C)CCC2(C(=O)O)CCC3(C)C(=CCC4C5(C)CCC(OC(=O)CCC(=O)O)C(C)(CO)C5CCC43C)C2C1. The average molecular weight is 573 g/mol. The molecule has 7 nitrogen and oxygen atoms in total. The van der Waals surface area contributed by atoms with Gasteiger partial charge in [0.25, 0.3) is 0 Å². The number of carbonyl (C=O) groups is 3. The fourth-order valence-corrected chi connectivity index (χ4v) is 11.3. The van der Waals surface area contributed by atoms with Gasteiger partial charge in [-0.25, -0.2) is 0 Å². The third-order valence-electron chi connectivity index (χ3n) is 14.0. The number of hydrogen-bond acceptors (Lipinski definition) is 5. The van der Waals surface area contributed by atoms with Crippen molar-refractivity contribution in [2.24, 2.45) is 50.2 Å². The Kier molecular flexibility index (Phi) is 7.32. The summed E-state index contributed by atoms with van der Waals surface area (Å²) in [7, 11) is 0. The summed E-state index contributed by atoms with van der Waals surface area (Å²) in [5, 5.41) is 30.4. The summed E-state index contributed by atoms with van der Waals surface area (Å²) < 4.78 is 5.89. The highest BCUT2D eigenvalue weighted by atomic mass is 16.5. The molecule has 7 heteroatoms. The van der Waals surface area contributed by atoms with Crippen molar-refractivity contribution in [1.82, 2.24) is 0 Å². The largest absolute Gasteiger partial charge is 0.481 e. The van der Waals surface area contributed by atoms with Gasteiger partial charge >= 0.3 is 17.9 Å². The molecule has 0 aromatic carbocycles. The molecule has 4 fully saturated rings. The third kappa shape index (κ3) is 4.33. The number of fused-ring (bicyclic) bond motifs is 7. The minimum absolute atomic E-state index is 0.00987. The first-order valence-electron chi connectivity index (χ1n) is 16.0. The first-order valence-corrected chi connectivity index (χ1v) is 16.0. The molecule has 0 spiro atoms. The van der Waals surface area contributed by atoms with E-state index in [1.807, 2.05) is 0 Å². The smallest absolute Gasteiger partial charge is 0.310 e. The maximum atomic E-state index is 12.9. The second-order valence-electron chi connectivity index (χ2n) is 16.3. The molecular formula is C34H52O7. The highest BCUT2D eigenvalue weighted by Crippen LogP contribution is 2.75. The maximum absolute atomic E-state index is 12.9. The number of allylic oxidation sites excluding steroid dienone is 2. The van der Waals surface area contributed by atoms with Crippen LogP contribution in [0.2, 0.25) is 0 Å². The Morgan fingerprint density at radius 3 is 2.20 bits per heavy atom. The monoisotopic (exact) mass is 572 g/mol. The molecule has 9 unspecified atom stereocenters. The molecule has 0 radical (unpaired) electrons. The number of ether oxygens (including phenoxy) is 1. The molecule has 41 heavy (non-hydrogen) atoms. The highest BCUT2D eigenvalue weighted by Gasteiger charge is 2.70. The van der Waals surface area contributed by atoms with Gasteiger partial charge in [0.2, 0.25) is 0 Å². The van der Waals surface area contributed by atoms with Crippen molar-refractivity contribution in [2.45, 2.75) is 125 Å². The van der Waals surface area contributed by atoms with Crippen molar-refractivity contribution in [2.75, 3.05) is 6.61 Å². The molecule has 0 bridgehead atoms. The minimum atomic E-state index is -1.02. The van der Waals surface area contributed by atoms with Crippen LogP contribution < -0.4 is 0 Å². The molecule has 230 valence electrons. The van der Waals surface area contributed by atoms with Gasteiger partial charge in [-0.1, -0.05) is 53.2 Å². The molecule has 0 aromatic rings. The average Bonchev–Trinajstić information content (AvgIpc) is 2.89. The predicted octanol–water partition coefficient (Wildman–Crippen LogP) is 6.62. The van der Waals surface area contributed by atoms with E-state index in [-0.39, 0.29) is 52.9 Å². The summed E-state index contributed by atoms with van der Waals surface area (Å²) in [5.41, 5.74) is 0.164. The molecule has 0 saturated heterocycles. The van der Waals surface area contributed by atoms with Gasteiger partial charge in [0.15, 0.2) is 0 Å². The van der Waals surface area contributed by atoms with Gasteiger partial charge in [-0.05, 0) is 104 Å². The van der Waals surface area contributed by atoms with Crippen LogP contribution in [0.5, 0.6) is 0 Å². The fourth-order valence-electron chi connectivity index (χ4n) is 11.3. The Balaban J connectivity index is 1.48. The van der Waals surface area contributed by atoms with Gasteiger partial charge in [0.1, 0.15) is 6.10 Å². The van der Waals surface area contributed by atoms with Crippen molar-refractivity contribution in [3.63, 3.8) is 0 Å². The molecule has 5 aliphatic rings. The van der Waals surface area contributed by atoms with Gasteiger partial charge in [0.05, 0.1) is 24.9 Å². The van der Waals surface area contributed by atoms with Crippen LogP contribution in [-0.2, 0) is 19.1 Å². The topological polar surface area (TPSA) is 121 Å². The molecule has 5 rings (SSSR count). The molecular weight excluding hydrogens is 520 g/mol. The zero-order valence-corrected chi connectivity index (χ0v) is 26.1. The number of rotatable bonds is 6. The van der Waals surface area contributed by atoms with Crippen LogP contribution in [0.3, 0.4) is 0 Å². The summed E-state index contributed by atoms with van der Waals surface area (Å²) >= 11 is 0. The summed E-state index contributed by atoms with van der Waals surface area (Å²) in [6.07, 6.45) is 10.3. The quantitative estimate of drug-likeness (QED) is 0.241. The van der Waals surface area contributed by atoms with Crippen molar-refractivity contribution in [3.8, 4) is 0 Å². The molecule has 0 amide bonds. The van der Waals surface area contributed by atoms with Crippen molar-refractivity contribution in [3.05, 3.63) is 11.6 Å². The Labute approximate surface area is 245 Å². The van der Waals surface area contributed by atoms with E-state index in [2.05, 4.69) is 47.6 Å². The van der Waals surface area contributed by atoms with Crippen LogP contribution in [0, 0.1) is 50.2 Å². The summed E-state index contributed by atoms with van der Waals surface area (Å²) in [4.78, 5) is 36.4. The van der Waals surface area contributed by atoms with Crippen molar-refractivity contribution < 1.29 is 34.4 Å². The van der Waals surface area contributed by atoms with Crippen LogP contribution in [-0.4, -0.2) is 45.9 Å². The normalized spacial score (nSPS) is 46.6. The number of carbonyl (C=O) groups excluding carboxylic acids is 1. The predicted molar refractivity (Wildman–Crippen MR) is 155 cm³/mol. The number of aliphatic hydroxyl groups excluding tert-OH is 1.